The topological polar surface area (TPSA) is 60.9 Å². The Morgan fingerprint density at radius 3 is 2.52 bits per heavy atom. The predicted molar refractivity (Wildman–Crippen MR) is 78.6 cm³/mol. The van der Waals surface area contributed by atoms with Crippen molar-refractivity contribution in [2.24, 2.45) is 5.92 Å². The Balaban J connectivity index is 1.77. The van der Waals surface area contributed by atoms with Crippen LogP contribution in [0.5, 0.6) is 0 Å². The molecule has 0 saturated carbocycles. The van der Waals surface area contributed by atoms with Crippen molar-refractivity contribution in [2.75, 3.05) is 24.6 Å². The van der Waals surface area contributed by atoms with E-state index >= 15 is 0 Å². The third-order valence-electron chi connectivity index (χ3n) is 4.53. The zero-order chi connectivity index (χ0) is 16.6. The minimum atomic E-state index is -0.839. The van der Waals surface area contributed by atoms with Gasteiger partial charge in [-0.1, -0.05) is 0 Å². The van der Waals surface area contributed by atoms with Gasteiger partial charge in [0.05, 0.1) is 12.6 Å². The van der Waals surface area contributed by atoms with E-state index in [-0.39, 0.29) is 30.8 Å². The summed E-state index contributed by atoms with van der Waals surface area (Å²) in [7, 11) is 0. The van der Waals surface area contributed by atoms with Crippen LogP contribution in [-0.4, -0.2) is 47.6 Å². The molecule has 2 heterocycles. The van der Waals surface area contributed by atoms with Crippen molar-refractivity contribution in [1.82, 2.24) is 4.90 Å². The maximum absolute atomic E-state index is 13.3. The van der Waals surface area contributed by atoms with E-state index in [0.29, 0.717) is 13.0 Å². The van der Waals surface area contributed by atoms with Gasteiger partial charge >= 0.3 is 0 Å². The second kappa shape index (κ2) is 6.23. The molecule has 23 heavy (non-hydrogen) atoms. The van der Waals surface area contributed by atoms with Gasteiger partial charge in [-0.3, -0.25) is 9.59 Å². The molecule has 2 aliphatic rings. The van der Waals surface area contributed by atoms with Crippen molar-refractivity contribution >= 4 is 17.5 Å². The number of hydrogen-bond donors (Lipinski definition) is 1. The van der Waals surface area contributed by atoms with E-state index in [1.165, 1.54) is 4.90 Å². The first-order valence-corrected chi connectivity index (χ1v) is 7.70. The Hall–Kier alpha value is -2.02. The average molecular weight is 324 g/mol. The fraction of sp³-hybridized carbons (Fsp3) is 0.500. The quantitative estimate of drug-likeness (QED) is 0.853. The first-order valence-electron chi connectivity index (χ1n) is 7.70. The summed E-state index contributed by atoms with van der Waals surface area (Å²) in [6.07, 6.45) is 1.84. The number of aliphatic hydroxyl groups is 1. The van der Waals surface area contributed by atoms with Crippen LogP contribution in [-0.2, 0) is 9.59 Å². The molecule has 0 radical (unpaired) electrons. The summed E-state index contributed by atoms with van der Waals surface area (Å²) in [4.78, 5) is 27.9. The first-order chi connectivity index (χ1) is 11.0. The van der Waals surface area contributed by atoms with Crippen LogP contribution in [0.2, 0.25) is 0 Å². The molecule has 2 fully saturated rings. The van der Waals surface area contributed by atoms with Gasteiger partial charge in [0.15, 0.2) is 0 Å². The first kappa shape index (κ1) is 15.9. The van der Waals surface area contributed by atoms with Gasteiger partial charge in [0, 0.05) is 24.8 Å². The zero-order valence-corrected chi connectivity index (χ0v) is 12.5. The third kappa shape index (κ3) is 2.93. The van der Waals surface area contributed by atoms with Gasteiger partial charge in [-0.15, -0.1) is 0 Å². The van der Waals surface area contributed by atoms with E-state index in [1.807, 2.05) is 0 Å². The van der Waals surface area contributed by atoms with Crippen LogP contribution in [0.4, 0.5) is 14.5 Å². The minimum absolute atomic E-state index is 0.120. The summed E-state index contributed by atoms with van der Waals surface area (Å²) in [6.45, 7) is 0.656. The Morgan fingerprint density at radius 1 is 1.17 bits per heavy atom. The largest absolute Gasteiger partial charge is 0.394 e. The number of amides is 2. The van der Waals surface area contributed by atoms with Crippen LogP contribution >= 0.6 is 0 Å². The van der Waals surface area contributed by atoms with Gasteiger partial charge in [0.2, 0.25) is 11.8 Å². The highest BCUT2D eigenvalue weighted by atomic mass is 19.1. The van der Waals surface area contributed by atoms with Crippen molar-refractivity contribution in [2.45, 2.75) is 25.3 Å². The van der Waals surface area contributed by atoms with Crippen LogP contribution in [0, 0.1) is 17.6 Å². The molecule has 3 rings (SSSR count). The summed E-state index contributed by atoms with van der Waals surface area (Å²) in [5.74, 6) is -3.10. The number of halogens is 2. The van der Waals surface area contributed by atoms with Crippen LogP contribution in [0.1, 0.15) is 19.3 Å². The summed E-state index contributed by atoms with van der Waals surface area (Å²) < 4.78 is 26.7. The van der Waals surface area contributed by atoms with Crippen molar-refractivity contribution < 1.29 is 23.5 Å². The molecule has 2 saturated heterocycles. The van der Waals surface area contributed by atoms with Crippen molar-refractivity contribution in [1.29, 1.82) is 0 Å². The SMILES string of the molecule is O=C1[C@H](C(=O)N2CCC[C@@H]2CO)CCN1c1cc(F)cc(F)c1. The number of hydrogen-bond acceptors (Lipinski definition) is 3. The highest BCUT2D eigenvalue weighted by Gasteiger charge is 2.42. The molecule has 1 aromatic rings. The smallest absolute Gasteiger partial charge is 0.239 e. The molecule has 0 unspecified atom stereocenters. The lowest BCUT2D eigenvalue weighted by Gasteiger charge is -2.25. The number of likely N-dealkylation sites (tertiary alicyclic amines) is 1. The summed E-state index contributed by atoms with van der Waals surface area (Å²) in [6, 6.07) is 2.67. The summed E-state index contributed by atoms with van der Waals surface area (Å²) >= 11 is 0. The average Bonchev–Trinajstić information content (AvgIpc) is 3.11. The molecule has 0 spiro atoms. The molecule has 0 aliphatic carbocycles. The monoisotopic (exact) mass is 324 g/mol. The lowest BCUT2D eigenvalue weighted by Crippen LogP contribution is -2.43. The van der Waals surface area contributed by atoms with E-state index in [1.54, 1.807) is 4.90 Å². The molecule has 1 aromatic carbocycles. The van der Waals surface area contributed by atoms with E-state index in [2.05, 4.69) is 0 Å². The second-order valence-corrected chi connectivity index (χ2v) is 5.97. The standard InChI is InChI=1S/C16H18F2N2O3/c17-10-6-11(18)8-13(7-10)20-5-3-14(16(20)23)15(22)19-4-1-2-12(19)9-21/h6-8,12,14,21H,1-5,9H2/t12-,14+/m1/s1. The molecule has 2 amide bonds. The van der Waals surface area contributed by atoms with Gasteiger partial charge < -0.3 is 14.9 Å². The number of aliphatic hydroxyl groups excluding tert-OH is 1. The summed E-state index contributed by atoms with van der Waals surface area (Å²) in [5, 5.41) is 9.31. The number of nitrogens with zero attached hydrogens (tertiary/aromatic N) is 2. The molecule has 2 aliphatic heterocycles. The normalized spacial score (nSPS) is 24.6. The zero-order valence-electron chi connectivity index (χ0n) is 12.5. The van der Waals surface area contributed by atoms with Crippen LogP contribution < -0.4 is 4.90 Å². The number of rotatable bonds is 3. The maximum Gasteiger partial charge on any atom is 0.239 e. The molecule has 7 heteroatoms. The van der Waals surface area contributed by atoms with Crippen LogP contribution in [0.3, 0.4) is 0 Å². The second-order valence-electron chi connectivity index (χ2n) is 5.97. The van der Waals surface area contributed by atoms with Crippen LogP contribution in [0.15, 0.2) is 18.2 Å². The molecule has 0 aromatic heterocycles. The van der Waals surface area contributed by atoms with Gasteiger partial charge in [0.25, 0.3) is 0 Å². The van der Waals surface area contributed by atoms with Gasteiger partial charge in [-0.2, -0.15) is 0 Å². The van der Waals surface area contributed by atoms with Gasteiger partial charge in [-0.25, -0.2) is 8.78 Å². The number of carbonyl (C=O) groups excluding carboxylic acids is 2. The van der Waals surface area contributed by atoms with E-state index in [0.717, 1.165) is 31.0 Å². The van der Waals surface area contributed by atoms with E-state index in [4.69, 9.17) is 0 Å². The third-order valence-corrected chi connectivity index (χ3v) is 4.53. The number of benzene rings is 1. The molecule has 124 valence electrons. The Kier molecular flexibility index (Phi) is 4.30. The molecule has 1 N–H and O–H groups in total. The molecule has 5 nitrogen and oxygen atoms in total. The van der Waals surface area contributed by atoms with Crippen molar-refractivity contribution in [3.05, 3.63) is 29.8 Å². The molecule has 0 bridgehead atoms. The highest BCUT2D eigenvalue weighted by molar-refractivity contribution is 6.09. The highest BCUT2D eigenvalue weighted by Crippen LogP contribution is 2.29. The lowest BCUT2D eigenvalue weighted by molar-refractivity contribution is -0.141. The molecule has 2 atom stereocenters. The Morgan fingerprint density at radius 2 is 1.87 bits per heavy atom. The Bertz CT molecular complexity index is 618. The predicted octanol–water partition coefficient (Wildman–Crippen LogP) is 1.30. The molecular formula is C16H18F2N2O3. The number of carbonyl (C=O) groups is 2. The van der Waals surface area contributed by atoms with Crippen LogP contribution in [0.25, 0.3) is 0 Å². The van der Waals surface area contributed by atoms with E-state index < -0.39 is 23.5 Å². The minimum Gasteiger partial charge on any atom is -0.394 e. The number of anilines is 1. The summed E-state index contributed by atoms with van der Waals surface area (Å²) in [5.41, 5.74) is 0.128. The Labute approximate surface area is 132 Å². The van der Waals surface area contributed by atoms with Gasteiger partial charge in [0.1, 0.15) is 17.6 Å². The maximum atomic E-state index is 13.3. The van der Waals surface area contributed by atoms with Crippen molar-refractivity contribution in [3.63, 3.8) is 0 Å². The fourth-order valence-corrected chi connectivity index (χ4v) is 3.38. The van der Waals surface area contributed by atoms with E-state index in [9.17, 15) is 23.5 Å². The fourth-order valence-electron chi connectivity index (χ4n) is 3.38. The lowest BCUT2D eigenvalue weighted by atomic mass is 10.1. The van der Waals surface area contributed by atoms with Crippen molar-refractivity contribution in [3.8, 4) is 0 Å². The van der Waals surface area contributed by atoms with Gasteiger partial charge in [-0.05, 0) is 31.4 Å². The molecular weight excluding hydrogens is 306 g/mol.